The van der Waals surface area contributed by atoms with Crippen molar-refractivity contribution in [3.05, 3.63) is 243 Å². The molecule has 0 amide bonds. The first-order chi connectivity index (χ1) is 30.8. The highest BCUT2D eigenvalue weighted by atomic mass is 15.0. The van der Waals surface area contributed by atoms with Crippen LogP contribution in [0.4, 0.5) is 0 Å². The molecule has 0 aliphatic rings. The summed E-state index contributed by atoms with van der Waals surface area (Å²) in [4.78, 5) is 0. The summed E-state index contributed by atoms with van der Waals surface area (Å²) >= 11 is 0. The van der Waals surface area contributed by atoms with E-state index in [0.717, 1.165) is 11.4 Å². The van der Waals surface area contributed by atoms with Gasteiger partial charge < -0.3 is 9.13 Å². The van der Waals surface area contributed by atoms with Gasteiger partial charge in [-0.3, -0.25) is 0 Å². The summed E-state index contributed by atoms with van der Waals surface area (Å²) in [5.74, 6) is 0. The summed E-state index contributed by atoms with van der Waals surface area (Å²) in [6, 6.07) is 88.3. The molecule has 0 bridgehead atoms. The maximum absolute atomic E-state index is 2.38. The summed E-state index contributed by atoms with van der Waals surface area (Å²) in [5.41, 5.74) is 19.2. The Morgan fingerprint density at radius 1 is 0.194 bits per heavy atom. The fraction of sp³-hybridized carbons (Fsp3) is 0. The van der Waals surface area contributed by atoms with Crippen LogP contribution in [0.5, 0.6) is 0 Å². The van der Waals surface area contributed by atoms with Crippen molar-refractivity contribution >= 4 is 43.6 Å². The van der Waals surface area contributed by atoms with E-state index in [1.807, 2.05) is 0 Å². The molecule has 0 aliphatic heterocycles. The van der Waals surface area contributed by atoms with E-state index < -0.39 is 0 Å². The number of benzene rings is 10. The topological polar surface area (TPSA) is 9.86 Å². The van der Waals surface area contributed by atoms with Crippen LogP contribution in [0.15, 0.2) is 243 Å². The lowest BCUT2D eigenvalue weighted by Gasteiger charge is -2.16. The van der Waals surface area contributed by atoms with Gasteiger partial charge in [0, 0.05) is 32.9 Å². The van der Waals surface area contributed by atoms with Gasteiger partial charge in [0.05, 0.1) is 22.1 Å². The third kappa shape index (κ3) is 5.96. The van der Waals surface area contributed by atoms with Crippen LogP contribution in [0.3, 0.4) is 0 Å². The van der Waals surface area contributed by atoms with Crippen LogP contribution in [0.25, 0.3) is 111 Å². The zero-order valence-electron chi connectivity index (χ0n) is 34.0. The molecule has 0 fully saturated rings. The number of fused-ring (bicyclic) bond motifs is 6. The summed E-state index contributed by atoms with van der Waals surface area (Å²) in [6.45, 7) is 0. The van der Waals surface area contributed by atoms with Crippen LogP contribution in [0.2, 0.25) is 0 Å². The number of nitrogens with zero attached hydrogens (tertiary/aromatic N) is 2. The van der Waals surface area contributed by atoms with Gasteiger partial charge in [-0.2, -0.15) is 0 Å². The van der Waals surface area contributed by atoms with Crippen LogP contribution in [0, 0.1) is 0 Å². The molecule has 0 radical (unpaired) electrons. The largest absolute Gasteiger partial charge is 0.309 e. The van der Waals surface area contributed by atoms with Gasteiger partial charge in [-0.15, -0.1) is 0 Å². The van der Waals surface area contributed by atoms with E-state index in [0.29, 0.717) is 0 Å². The van der Waals surface area contributed by atoms with Crippen LogP contribution < -0.4 is 0 Å². The third-order valence-corrected chi connectivity index (χ3v) is 12.6. The summed E-state index contributed by atoms with van der Waals surface area (Å²) in [6.07, 6.45) is 0. The predicted molar refractivity (Wildman–Crippen MR) is 262 cm³/mol. The second-order valence-corrected chi connectivity index (χ2v) is 16.1. The van der Waals surface area contributed by atoms with E-state index >= 15 is 0 Å². The van der Waals surface area contributed by atoms with Gasteiger partial charge in [0.1, 0.15) is 0 Å². The average molecular weight is 789 g/mol. The van der Waals surface area contributed by atoms with E-state index in [2.05, 4.69) is 252 Å². The van der Waals surface area contributed by atoms with Crippen molar-refractivity contribution in [2.45, 2.75) is 0 Å². The minimum atomic E-state index is 1.15. The normalized spacial score (nSPS) is 11.5. The van der Waals surface area contributed by atoms with Crippen molar-refractivity contribution in [3.8, 4) is 67.0 Å². The number of hydrogen-bond donors (Lipinski definition) is 0. The van der Waals surface area contributed by atoms with Crippen molar-refractivity contribution in [1.29, 1.82) is 0 Å². The number of para-hydroxylation sites is 4. The van der Waals surface area contributed by atoms with E-state index in [9.17, 15) is 0 Å². The standard InChI is InChI=1S/C60H40N2/c1-2-14-41(15-3-1)46-34-39-51(56(40-46)45-32-37-48(38-33-45)62-59-24-12-8-20-54(59)55-21-9-13-25-60(55)62)43-28-26-42(27-29-43)49-16-4-5-17-50(49)44-30-35-47(36-31-44)61-57-22-10-6-18-52(57)53-19-7-11-23-58(53)61/h1-40H. The Balaban J connectivity index is 0.905. The highest BCUT2D eigenvalue weighted by molar-refractivity contribution is 6.10. The number of aromatic nitrogens is 2. The van der Waals surface area contributed by atoms with Crippen LogP contribution in [-0.4, -0.2) is 9.13 Å². The smallest absolute Gasteiger partial charge is 0.0541 e. The Hall–Kier alpha value is -8.20. The van der Waals surface area contributed by atoms with Crippen molar-refractivity contribution in [2.24, 2.45) is 0 Å². The zero-order chi connectivity index (χ0) is 41.0. The molecule has 2 heteroatoms. The molecule has 12 rings (SSSR count). The quantitative estimate of drug-likeness (QED) is 0.152. The number of hydrogen-bond acceptors (Lipinski definition) is 0. The van der Waals surface area contributed by atoms with Crippen LogP contribution in [0.1, 0.15) is 0 Å². The molecular weight excluding hydrogens is 749 g/mol. The Labute approximate surface area is 360 Å². The molecule has 62 heavy (non-hydrogen) atoms. The summed E-state index contributed by atoms with van der Waals surface area (Å²) in [5, 5.41) is 5.08. The second-order valence-electron chi connectivity index (χ2n) is 16.1. The molecule has 0 unspecified atom stereocenters. The third-order valence-electron chi connectivity index (χ3n) is 12.6. The van der Waals surface area contributed by atoms with Gasteiger partial charge >= 0.3 is 0 Å². The molecule has 2 aromatic heterocycles. The SMILES string of the molecule is c1ccc(-c2ccc(-c3ccc(-c4ccccc4-c4ccc(-n5c6ccccc6c6ccccc65)cc4)cc3)c(-c3ccc(-n4c5ccccc5c5ccccc54)cc3)c2)cc1. The predicted octanol–water partition coefficient (Wildman–Crippen LogP) is 16.2. The van der Waals surface area contributed by atoms with Crippen molar-refractivity contribution in [2.75, 3.05) is 0 Å². The van der Waals surface area contributed by atoms with Gasteiger partial charge in [-0.1, -0.05) is 188 Å². The maximum Gasteiger partial charge on any atom is 0.0541 e. The van der Waals surface area contributed by atoms with Crippen LogP contribution in [-0.2, 0) is 0 Å². The first-order valence-electron chi connectivity index (χ1n) is 21.3. The Morgan fingerprint density at radius 3 is 0.919 bits per heavy atom. The Bertz CT molecular complexity index is 3480. The van der Waals surface area contributed by atoms with Crippen molar-refractivity contribution in [1.82, 2.24) is 9.13 Å². The zero-order valence-corrected chi connectivity index (χ0v) is 34.0. The highest BCUT2D eigenvalue weighted by Gasteiger charge is 2.16. The molecule has 0 saturated heterocycles. The van der Waals surface area contributed by atoms with Crippen molar-refractivity contribution in [3.63, 3.8) is 0 Å². The van der Waals surface area contributed by atoms with Crippen molar-refractivity contribution < 1.29 is 0 Å². The van der Waals surface area contributed by atoms with E-state index in [-0.39, 0.29) is 0 Å². The highest BCUT2D eigenvalue weighted by Crippen LogP contribution is 2.40. The van der Waals surface area contributed by atoms with E-state index in [1.165, 1.54) is 99.2 Å². The molecule has 0 spiro atoms. The summed E-state index contributed by atoms with van der Waals surface area (Å²) < 4.78 is 4.76. The lowest BCUT2D eigenvalue weighted by atomic mass is 9.89. The molecule has 2 heterocycles. The molecule has 0 atom stereocenters. The van der Waals surface area contributed by atoms with Gasteiger partial charge in [-0.25, -0.2) is 0 Å². The fourth-order valence-corrected chi connectivity index (χ4v) is 9.64. The van der Waals surface area contributed by atoms with Gasteiger partial charge in [0.25, 0.3) is 0 Å². The van der Waals surface area contributed by atoms with Gasteiger partial charge in [-0.05, 0) is 110 Å². The minimum absolute atomic E-state index is 1.15. The van der Waals surface area contributed by atoms with Gasteiger partial charge in [0.2, 0.25) is 0 Å². The first-order valence-corrected chi connectivity index (χ1v) is 21.3. The van der Waals surface area contributed by atoms with Gasteiger partial charge in [0.15, 0.2) is 0 Å². The maximum atomic E-state index is 2.38. The summed E-state index contributed by atoms with van der Waals surface area (Å²) in [7, 11) is 0. The minimum Gasteiger partial charge on any atom is -0.309 e. The fourth-order valence-electron chi connectivity index (χ4n) is 9.64. The number of rotatable bonds is 7. The molecule has 0 N–H and O–H groups in total. The molecular formula is C60H40N2. The lowest BCUT2D eigenvalue weighted by Crippen LogP contribution is -1.94. The Kier molecular flexibility index (Phi) is 8.53. The average Bonchev–Trinajstić information content (AvgIpc) is 3.87. The first kappa shape index (κ1) is 35.7. The molecule has 10 aromatic carbocycles. The molecule has 0 aliphatic carbocycles. The second kappa shape index (κ2) is 14.8. The monoisotopic (exact) mass is 788 g/mol. The molecule has 12 aromatic rings. The molecule has 290 valence electrons. The van der Waals surface area contributed by atoms with E-state index in [4.69, 9.17) is 0 Å². The Morgan fingerprint density at radius 2 is 0.500 bits per heavy atom. The molecule has 2 nitrogen and oxygen atoms in total. The van der Waals surface area contributed by atoms with Crippen LogP contribution >= 0.6 is 0 Å². The van der Waals surface area contributed by atoms with E-state index in [1.54, 1.807) is 0 Å². The molecule has 0 saturated carbocycles. The lowest BCUT2D eigenvalue weighted by molar-refractivity contribution is 1.18.